The van der Waals surface area contributed by atoms with Crippen molar-refractivity contribution in [3.8, 4) is 23.0 Å². The van der Waals surface area contributed by atoms with Crippen molar-refractivity contribution in [2.45, 2.75) is 0 Å². The molecule has 0 fully saturated rings. The van der Waals surface area contributed by atoms with Gasteiger partial charge in [0.15, 0.2) is 23.0 Å². The van der Waals surface area contributed by atoms with Crippen molar-refractivity contribution < 1.29 is 14.3 Å². The van der Waals surface area contributed by atoms with Gasteiger partial charge >= 0.3 is 0 Å². The van der Waals surface area contributed by atoms with Gasteiger partial charge in [-0.3, -0.25) is 4.79 Å². The molecule has 0 atom stereocenters. The lowest BCUT2D eigenvalue weighted by Crippen LogP contribution is -2.31. The van der Waals surface area contributed by atoms with E-state index in [0.29, 0.717) is 40.1 Å². The Morgan fingerprint density at radius 1 is 1.13 bits per heavy atom. The Morgan fingerprint density at radius 2 is 1.96 bits per heavy atom. The van der Waals surface area contributed by atoms with Crippen LogP contribution in [-0.2, 0) is 0 Å². The van der Waals surface area contributed by atoms with Crippen LogP contribution in [-0.4, -0.2) is 38.0 Å². The fraction of sp³-hybridized carbons (Fsp3) is 0.235. The van der Waals surface area contributed by atoms with E-state index in [0.717, 1.165) is 6.54 Å². The van der Waals surface area contributed by atoms with Gasteiger partial charge in [0.1, 0.15) is 0 Å². The number of rotatable bonds is 4. The van der Waals surface area contributed by atoms with Crippen molar-refractivity contribution in [2.75, 3.05) is 27.2 Å². The highest BCUT2D eigenvalue weighted by Crippen LogP contribution is 2.47. The highest BCUT2D eigenvalue weighted by Gasteiger charge is 2.24. The van der Waals surface area contributed by atoms with Crippen LogP contribution in [0.25, 0.3) is 0 Å². The molecular weight excluding hydrogens is 316 g/mol. The molecule has 0 bridgehead atoms. The number of hydrogen-bond acceptors (Lipinski definition) is 4. The van der Waals surface area contributed by atoms with Crippen LogP contribution in [0, 0.1) is 0 Å². The average Bonchev–Trinajstić information content (AvgIpc) is 2.51. The first-order valence-corrected chi connectivity index (χ1v) is 7.63. The van der Waals surface area contributed by atoms with Gasteiger partial charge in [0.25, 0.3) is 5.91 Å². The van der Waals surface area contributed by atoms with Crippen molar-refractivity contribution in [3.63, 3.8) is 0 Å². The summed E-state index contributed by atoms with van der Waals surface area (Å²) >= 11 is 5.98. The molecule has 0 spiro atoms. The van der Waals surface area contributed by atoms with Crippen LogP contribution in [0.4, 0.5) is 0 Å². The second kappa shape index (κ2) is 6.48. The Hall–Kier alpha value is -2.24. The minimum absolute atomic E-state index is 0.197. The maximum atomic E-state index is 12.4. The van der Waals surface area contributed by atoms with Gasteiger partial charge in [-0.05, 0) is 38.4 Å². The van der Waals surface area contributed by atoms with Gasteiger partial charge in [0.2, 0.25) is 0 Å². The molecular formula is C17H17ClN2O3. The zero-order valence-corrected chi connectivity index (χ0v) is 13.7. The average molecular weight is 333 g/mol. The van der Waals surface area contributed by atoms with Crippen molar-refractivity contribution >= 4 is 17.5 Å². The van der Waals surface area contributed by atoms with Gasteiger partial charge in [-0.2, -0.15) is 0 Å². The van der Waals surface area contributed by atoms with Gasteiger partial charge in [-0.15, -0.1) is 0 Å². The minimum atomic E-state index is -0.197. The largest absolute Gasteiger partial charge is 0.449 e. The van der Waals surface area contributed by atoms with Crippen molar-refractivity contribution in [2.24, 2.45) is 0 Å². The Morgan fingerprint density at radius 3 is 2.74 bits per heavy atom. The first-order valence-electron chi connectivity index (χ1n) is 7.26. The summed E-state index contributed by atoms with van der Waals surface area (Å²) in [7, 11) is 3.91. The Bertz CT molecular complexity index is 747. The number of carbonyl (C=O) groups excluding carboxylic acids is 1. The number of fused-ring (bicyclic) bond motifs is 2. The summed E-state index contributed by atoms with van der Waals surface area (Å²) in [4.78, 5) is 14.4. The second-order valence-corrected chi connectivity index (χ2v) is 5.92. The van der Waals surface area contributed by atoms with E-state index in [1.165, 1.54) is 0 Å². The Kier molecular flexibility index (Phi) is 4.41. The summed E-state index contributed by atoms with van der Waals surface area (Å²) in [6.07, 6.45) is 0. The van der Waals surface area contributed by atoms with Crippen molar-refractivity contribution in [1.29, 1.82) is 0 Å². The molecule has 120 valence electrons. The van der Waals surface area contributed by atoms with Crippen LogP contribution >= 0.6 is 11.6 Å². The molecule has 2 aromatic rings. The Balaban J connectivity index is 1.84. The molecule has 23 heavy (non-hydrogen) atoms. The first kappa shape index (κ1) is 15.6. The zero-order chi connectivity index (χ0) is 16.4. The molecule has 1 aliphatic rings. The number of amides is 1. The number of likely N-dealkylation sites (N-methyl/N-ethyl adjacent to an activating group) is 1. The van der Waals surface area contributed by atoms with Crippen LogP contribution in [0.15, 0.2) is 36.4 Å². The molecule has 1 aliphatic heterocycles. The van der Waals surface area contributed by atoms with Crippen LogP contribution in [0.2, 0.25) is 5.02 Å². The predicted octanol–water partition coefficient (Wildman–Crippen LogP) is 3.53. The number of hydrogen-bond donors (Lipinski definition) is 1. The Labute approximate surface area is 139 Å². The molecule has 0 aromatic heterocycles. The summed E-state index contributed by atoms with van der Waals surface area (Å²) in [5.41, 5.74) is 0.437. The predicted molar refractivity (Wildman–Crippen MR) is 88.9 cm³/mol. The summed E-state index contributed by atoms with van der Waals surface area (Å²) < 4.78 is 11.7. The number of halogens is 1. The maximum Gasteiger partial charge on any atom is 0.255 e. The number of para-hydroxylation sites is 1. The van der Waals surface area contributed by atoms with Gasteiger partial charge in [0.05, 0.1) is 5.56 Å². The zero-order valence-electron chi connectivity index (χ0n) is 12.9. The van der Waals surface area contributed by atoms with Crippen LogP contribution in [0.1, 0.15) is 10.4 Å². The van der Waals surface area contributed by atoms with Crippen LogP contribution in [0.5, 0.6) is 23.0 Å². The summed E-state index contributed by atoms with van der Waals surface area (Å²) in [6, 6.07) is 10.4. The SMILES string of the molecule is CN(C)CCNC(=O)c1cccc2c1Oc1cc(Cl)ccc1O2. The quantitative estimate of drug-likeness (QED) is 0.794. The first-order chi connectivity index (χ1) is 11.0. The summed E-state index contributed by atoms with van der Waals surface area (Å²) in [5, 5.41) is 3.42. The third-order valence-corrected chi connectivity index (χ3v) is 3.64. The molecule has 1 amide bonds. The van der Waals surface area contributed by atoms with E-state index >= 15 is 0 Å². The van der Waals surface area contributed by atoms with Gasteiger partial charge in [0, 0.05) is 24.2 Å². The number of benzene rings is 2. The monoisotopic (exact) mass is 332 g/mol. The normalized spacial score (nSPS) is 12.0. The lowest BCUT2D eigenvalue weighted by molar-refractivity contribution is 0.0947. The molecule has 0 radical (unpaired) electrons. The molecule has 2 aromatic carbocycles. The summed E-state index contributed by atoms with van der Waals surface area (Å²) in [6.45, 7) is 1.31. The number of ether oxygens (including phenoxy) is 2. The fourth-order valence-corrected chi connectivity index (χ4v) is 2.41. The van der Waals surface area contributed by atoms with E-state index in [2.05, 4.69) is 5.32 Å². The number of carbonyl (C=O) groups is 1. The molecule has 0 unspecified atom stereocenters. The molecule has 1 N–H and O–H groups in total. The third-order valence-electron chi connectivity index (χ3n) is 3.41. The van der Waals surface area contributed by atoms with Gasteiger partial charge in [-0.25, -0.2) is 0 Å². The maximum absolute atomic E-state index is 12.4. The highest BCUT2D eigenvalue weighted by molar-refractivity contribution is 6.30. The van der Waals surface area contributed by atoms with E-state index in [1.807, 2.05) is 19.0 Å². The van der Waals surface area contributed by atoms with E-state index < -0.39 is 0 Å². The van der Waals surface area contributed by atoms with Crippen LogP contribution < -0.4 is 14.8 Å². The fourth-order valence-electron chi connectivity index (χ4n) is 2.24. The van der Waals surface area contributed by atoms with E-state index in [4.69, 9.17) is 21.1 Å². The molecule has 3 rings (SSSR count). The molecule has 1 heterocycles. The standard InChI is InChI=1S/C17H17ClN2O3/c1-20(2)9-8-19-17(21)12-4-3-5-14-16(12)23-15-10-11(18)6-7-13(15)22-14/h3-7,10H,8-9H2,1-2H3,(H,19,21). The minimum Gasteiger partial charge on any atom is -0.449 e. The van der Waals surface area contributed by atoms with E-state index in [-0.39, 0.29) is 5.91 Å². The summed E-state index contributed by atoms with van der Waals surface area (Å²) in [5.74, 6) is 1.80. The van der Waals surface area contributed by atoms with Crippen molar-refractivity contribution in [3.05, 3.63) is 47.0 Å². The molecule has 0 saturated carbocycles. The van der Waals surface area contributed by atoms with Gasteiger partial charge < -0.3 is 19.7 Å². The molecule has 5 nitrogen and oxygen atoms in total. The lowest BCUT2D eigenvalue weighted by Gasteiger charge is -2.22. The number of nitrogens with one attached hydrogen (secondary N) is 1. The topological polar surface area (TPSA) is 50.8 Å². The molecule has 6 heteroatoms. The highest BCUT2D eigenvalue weighted by atomic mass is 35.5. The van der Waals surface area contributed by atoms with Crippen LogP contribution in [0.3, 0.4) is 0 Å². The lowest BCUT2D eigenvalue weighted by atomic mass is 10.1. The van der Waals surface area contributed by atoms with Gasteiger partial charge in [-0.1, -0.05) is 17.7 Å². The smallest absolute Gasteiger partial charge is 0.255 e. The van der Waals surface area contributed by atoms with Crippen molar-refractivity contribution in [1.82, 2.24) is 10.2 Å². The third kappa shape index (κ3) is 3.41. The second-order valence-electron chi connectivity index (χ2n) is 5.49. The van der Waals surface area contributed by atoms with E-state index in [1.54, 1.807) is 36.4 Å². The molecule has 0 aliphatic carbocycles. The molecule has 0 saturated heterocycles. The number of nitrogens with zero attached hydrogens (tertiary/aromatic N) is 1. The van der Waals surface area contributed by atoms with E-state index in [9.17, 15) is 4.79 Å².